The zero-order valence-corrected chi connectivity index (χ0v) is 12.9. The Morgan fingerprint density at radius 3 is 2.71 bits per heavy atom. The Hall–Kier alpha value is -1.81. The van der Waals surface area contributed by atoms with E-state index in [4.69, 9.17) is 4.74 Å². The molecule has 4 heteroatoms. The van der Waals surface area contributed by atoms with Crippen molar-refractivity contribution in [3.8, 4) is 0 Å². The second kappa shape index (κ2) is 5.53. The maximum atomic E-state index is 12.7. The maximum Gasteiger partial charge on any atom is 0.253 e. The van der Waals surface area contributed by atoms with Gasteiger partial charge in [-0.3, -0.25) is 4.79 Å². The number of aryl methyl sites for hydroxylation is 2. The Balaban J connectivity index is 1.88. The number of ether oxygens (including phenoxy) is 1. The number of aromatic amines is 1. The average Bonchev–Trinajstić information content (AvgIpc) is 2.81. The van der Waals surface area contributed by atoms with Crippen LogP contribution in [0.4, 0.5) is 0 Å². The molecule has 1 amide bonds. The summed E-state index contributed by atoms with van der Waals surface area (Å²) in [5.74, 6) is 0.0991. The first kappa shape index (κ1) is 14.1. The third-order valence-corrected chi connectivity index (χ3v) is 4.61. The van der Waals surface area contributed by atoms with Crippen LogP contribution in [0.3, 0.4) is 0 Å². The van der Waals surface area contributed by atoms with Crippen molar-refractivity contribution in [1.82, 2.24) is 9.88 Å². The van der Waals surface area contributed by atoms with Gasteiger partial charge in [0.2, 0.25) is 0 Å². The number of aromatic nitrogens is 1. The van der Waals surface area contributed by atoms with E-state index in [9.17, 15) is 4.79 Å². The molecule has 1 aromatic carbocycles. The van der Waals surface area contributed by atoms with Crippen LogP contribution in [0.25, 0.3) is 10.9 Å². The van der Waals surface area contributed by atoms with Crippen LogP contribution in [0.5, 0.6) is 0 Å². The summed E-state index contributed by atoms with van der Waals surface area (Å²) in [6.45, 7) is 5.64. The van der Waals surface area contributed by atoms with Gasteiger partial charge in [0.25, 0.3) is 5.91 Å². The Bertz CT molecular complexity index is 669. The summed E-state index contributed by atoms with van der Waals surface area (Å²) in [6, 6.07) is 6.21. The summed E-state index contributed by atoms with van der Waals surface area (Å²) in [5.41, 5.74) is 4.23. The molecule has 0 atom stereocenters. The van der Waals surface area contributed by atoms with Crippen molar-refractivity contribution >= 4 is 16.8 Å². The van der Waals surface area contributed by atoms with Gasteiger partial charge < -0.3 is 14.6 Å². The standard InChI is InChI=1S/C17H22N2O2/c1-11-12(2)18-16-5-4-13(10-15(11)16)17(20)19(3)14-6-8-21-9-7-14/h4-5,10,14,18H,6-9H2,1-3H3. The Kier molecular flexibility index (Phi) is 3.72. The molecule has 0 radical (unpaired) electrons. The highest BCUT2D eigenvalue weighted by Gasteiger charge is 2.23. The highest BCUT2D eigenvalue weighted by Crippen LogP contribution is 2.24. The predicted octanol–water partition coefficient (Wildman–Crippen LogP) is 3.04. The monoisotopic (exact) mass is 286 g/mol. The fraction of sp³-hybridized carbons (Fsp3) is 0.471. The van der Waals surface area contributed by atoms with Crippen LogP contribution in [0.1, 0.15) is 34.5 Å². The number of hydrogen-bond acceptors (Lipinski definition) is 2. The largest absolute Gasteiger partial charge is 0.381 e. The van der Waals surface area contributed by atoms with Gasteiger partial charge in [0.15, 0.2) is 0 Å². The van der Waals surface area contributed by atoms with Gasteiger partial charge in [-0.05, 0) is 50.5 Å². The molecule has 2 heterocycles. The first-order chi connectivity index (χ1) is 10.1. The number of benzene rings is 1. The minimum Gasteiger partial charge on any atom is -0.381 e. The smallest absolute Gasteiger partial charge is 0.253 e. The molecule has 1 aromatic heterocycles. The lowest BCUT2D eigenvalue weighted by molar-refractivity contribution is 0.0362. The molecule has 112 valence electrons. The molecular weight excluding hydrogens is 264 g/mol. The number of hydrogen-bond donors (Lipinski definition) is 1. The van der Waals surface area contributed by atoms with E-state index < -0.39 is 0 Å². The molecule has 1 saturated heterocycles. The van der Waals surface area contributed by atoms with E-state index in [0.717, 1.165) is 48.2 Å². The number of fused-ring (bicyclic) bond motifs is 1. The zero-order chi connectivity index (χ0) is 15.0. The Morgan fingerprint density at radius 1 is 1.29 bits per heavy atom. The summed E-state index contributed by atoms with van der Waals surface area (Å²) in [4.78, 5) is 17.9. The second-order valence-electron chi connectivity index (χ2n) is 5.89. The summed E-state index contributed by atoms with van der Waals surface area (Å²) >= 11 is 0. The van der Waals surface area contributed by atoms with Crippen LogP contribution in [-0.4, -0.2) is 42.1 Å². The van der Waals surface area contributed by atoms with Crippen LogP contribution in [0.15, 0.2) is 18.2 Å². The number of H-pyrrole nitrogens is 1. The van der Waals surface area contributed by atoms with Gasteiger partial charge in [0, 0.05) is 48.5 Å². The lowest BCUT2D eigenvalue weighted by atomic mass is 10.0. The fourth-order valence-corrected chi connectivity index (χ4v) is 3.04. The van der Waals surface area contributed by atoms with E-state index in [1.807, 2.05) is 30.1 Å². The van der Waals surface area contributed by atoms with E-state index in [2.05, 4.69) is 18.8 Å². The van der Waals surface area contributed by atoms with Gasteiger partial charge in [-0.1, -0.05) is 0 Å². The van der Waals surface area contributed by atoms with Gasteiger partial charge in [-0.2, -0.15) is 0 Å². The molecule has 21 heavy (non-hydrogen) atoms. The molecule has 0 spiro atoms. The molecule has 0 bridgehead atoms. The van der Waals surface area contributed by atoms with Crippen molar-refractivity contribution in [3.63, 3.8) is 0 Å². The molecule has 1 fully saturated rings. The third kappa shape index (κ3) is 2.56. The summed E-state index contributed by atoms with van der Waals surface area (Å²) < 4.78 is 5.37. The Labute approximate surface area is 125 Å². The Morgan fingerprint density at radius 2 is 2.00 bits per heavy atom. The highest BCUT2D eigenvalue weighted by molar-refractivity contribution is 5.99. The molecule has 3 rings (SSSR count). The van der Waals surface area contributed by atoms with E-state index in [1.165, 1.54) is 5.56 Å². The molecule has 1 N–H and O–H groups in total. The van der Waals surface area contributed by atoms with Crippen molar-refractivity contribution in [2.75, 3.05) is 20.3 Å². The minimum atomic E-state index is 0.0991. The van der Waals surface area contributed by atoms with Crippen LogP contribution >= 0.6 is 0 Å². The summed E-state index contributed by atoms with van der Waals surface area (Å²) in [6.07, 6.45) is 1.85. The molecule has 1 aliphatic rings. The van der Waals surface area contributed by atoms with E-state index in [1.54, 1.807) is 0 Å². The van der Waals surface area contributed by atoms with Crippen LogP contribution in [-0.2, 0) is 4.74 Å². The van der Waals surface area contributed by atoms with Crippen molar-refractivity contribution in [1.29, 1.82) is 0 Å². The first-order valence-corrected chi connectivity index (χ1v) is 7.52. The number of nitrogens with zero attached hydrogens (tertiary/aromatic N) is 1. The zero-order valence-electron chi connectivity index (χ0n) is 12.9. The van der Waals surface area contributed by atoms with Gasteiger partial charge in [0.05, 0.1) is 0 Å². The topological polar surface area (TPSA) is 45.3 Å². The average molecular weight is 286 g/mol. The second-order valence-corrected chi connectivity index (χ2v) is 5.89. The summed E-state index contributed by atoms with van der Waals surface area (Å²) in [5, 5.41) is 1.14. The number of carbonyl (C=O) groups is 1. The van der Waals surface area contributed by atoms with Gasteiger partial charge in [0.1, 0.15) is 0 Å². The van der Waals surface area contributed by atoms with Crippen molar-refractivity contribution in [2.45, 2.75) is 32.7 Å². The first-order valence-electron chi connectivity index (χ1n) is 7.52. The normalized spacial score (nSPS) is 16.3. The quantitative estimate of drug-likeness (QED) is 0.922. The van der Waals surface area contributed by atoms with Gasteiger partial charge in [-0.25, -0.2) is 0 Å². The number of rotatable bonds is 2. The molecular formula is C17H22N2O2. The fourth-order valence-electron chi connectivity index (χ4n) is 3.04. The SMILES string of the molecule is Cc1[nH]c2ccc(C(=O)N(C)C3CCOCC3)cc2c1C. The number of carbonyl (C=O) groups excluding carboxylic acids is 1. The van der Waals surface area contributed by atoms with E-state index in [0.29, 0.717) is 0 Å². The lowest BCUT2D eigenvalue weighted by Gasteiger charge is -2.31. The molecule has 2 aromatic rings. The predicted molar refractivity (Wildman–Crippen MR) is 83.7 cm³/mol. The van der Waals surface area contributed by atoms with Crippen molar-refractivity contribution in [3.05, 3.63) is 35.0 Å². The molecule has 4 nitrogen and oxygen atoms in total. The van der Waals surface area contributed by atoms with Crippen molar-refractivity contribution < 1.29 is 9.53 Å². The van der Waals surface area contributed by atoms with E-state index >= 15 is 0 Å². The molecule has 1 aliphatic heterocycles. The number of nitrogens with one attached hydrogen (secondary N) is 1. The van der Waals surface area contributed by atoms with Gasteiger partial charge in [-0.15, -0.1) is 0 Å². The molecule has 0 aliphatic carbocycles. The molecule has 0 unspecified atom stereocenters. The van der Waals surface area contributed by atoms with E-state index in [-0.39, 0.29) is 11.9 Å². The highest BCUT2D eigenvalue weighted by atomic mass is 16.5. The van der Waals surface area contributed by atoms with Gasteiger partial charge >= 0.3 is 0 Å². The number of amides is 1. The van der Waals surface area contributed by atoms with Crippen LogP contribution in [0.2, 0.25) is 0 Å². The third-order valence-electron chi connectivity index (χ3n) is 4.61. The maximum absolute atomic E-state index is 12.7. The van der Waals surface area contributed by atoms with Crippen molar-refractivity contribution in [2.24, 2.45) is 0 Å². The lowest BCUT2D eigenvalue weighted by Crippen LogP contribution is -2.40. The minimum absolute atomic E-state index is 0.0991. The molecule has 0 saturated carbocycles. The summed E-state index contributed by atoms with van der Waals surface area (Å²) in [7, 11) is 1.90. The van der Waals surface area contributed by atoms with Crippen LogP contribution in [0, 0.1) is 13.8 Å². The van der Waals surface area contributed by atoms with Crippen LogP contribution < -0.4 is 0 Å².